The molecule has 10 nitrogen and oxygen atoms in total. The lowest BCUT2D eigenvalue weighted by atomic mass is 9.66. The highest BCUT2D eigenvalue weighted by molar-refractivity contribution is 6.29. The zero-order chi connectivity index (χ0) is 24.0. The van der Waals surface area contributed by atoms with Gasteiger partial charge in [-0.3, -0.25) is 14.4 Å². The molecule has 33 heavy (non-hydrogen) atoms. The number of rotatable bonds is 2. The molecular weight excluding hydrogens is 436 g/mol. The summed E-state index contributed by atoms with van der Waals surface area (Å²) in [6.07, 6.45) is -4.89. The van der Waals surface area contributed by atoms with E-state index in [1.807, 2.05) is 0 Å². The molecule has 1 aromatic rings. The van der Waals surface area contributed by atoms with Crippen LogP contribution in [-0.2, 0) is 24.6 Å². The van der Waals surface area contributed by atoms with Gasteiger partial charge >= 0.3 is 5.97 Å². The van der Waals surface area contributed by atoms with E-state index in [1.165, 1.54) is 14.0 Å². The first-order valence-electron chi connectivity index (χ1n) is 10.7. The van der Waals surface area contributed by atoms with E-state index >= 15 is 0 Å². The number of methoxy groups -OCH3 is 1. The first kappa shape index (κ1) is 22.0. The van der Waals surface area contributed by atoms with Gasteiger partial charge in [-0.2, -0.15) is 0 Å². The van der Waals surface area contributed by atoms with Gasteiger partial charge in [0, 0.05) is 35.1 Å². The minimum Gasteiger partial charge on any atom is -0.507 e. The van der Waals surface area contributed by atoms with Gasteiger partial charge in [0.05, 0.1) is 55.2 Å². The second-order valence-corrected chi connectivity index (χ2v) is 9.01. The Bertz CT molecular complexity index is 1140. The molecule has 3 aliphatic heterocycles. The van der Waals surface area contributed by atoms with Crippen molar-refractivity contribution >= 4 is 17.5 Å². The Labute approximate surface area is 188 Å². The number of carbonyl (C=O) groups is 3. The molecule has 6 rings (SSSR count). The number of carbonyl (C=O) groups excluding carboxylic acids is 3. The van der Waals surface area contributed by atoms with Crippen molar-refractivity contribution in [2.75, 3.05) is 7.11 Å². The zero-order valence-corrected chi connectivity index (χ0v) is 18.2. The fraction of sp³-hybridized carbons (Fsp3) is 0.522. The Morgan fingerprint density at radius 2 is 1.79 bits per heavy atom. The van der Waals surface area contributed by atoms with Gasteiger partial charge < -0.3 is 34.6 Å². The number of fused-ring (bicyclic) bond motifs is 3. The largest absolute Gasteiger partial charge is 0.507 e. The van der Waals surface area contributed by atoms with Crippen molar-refractivity contribution in [2.24, 2.45) is 0 Å². The molecule has 2 bridgehead atoms. The Balaban J connectivity index is 1.69. The third-order valence-electron chi connectivity index (χ3n) is 7.30. The number of benzene rings is 1. The maximum atomic E-state index is 13.5. The van der Waals surface area contributed by atoms with Crippen LogP contribution in [0.3, 0.4) is 0 Å². The number of Topliss-reactive ketones (excluding diaryl/α,β-unsaturated/α-hetero) is 2. The predicted octanol–water partition coefficient (Wildman–Crippen LogP) is 0.926. The molecule has 0 saturated carbocycles. The van der Waals surface area contributed by atoms with Crippen molar-refractivity contribution in [3.05, 3.63) is 33.4 Å². The number of aliphatic hydroxyl groups is 2. The van der Waals surface area contributed by atoms with Crippen molar-refractivity contribution < 1.29 is 49.0 Å². The second kappa shape index (κ2) is 7.10. The minimum absolute atomic E-state index is 0.00595. The van der Waals surface area contributed by atoms with Gasteiger partial charge in [0.25, 0.3) is 0 Å². The zero-order valence-electron chi connectivity index (χ0n) is 18.2. The van der Waals surface area contributed by atoms with Crippen LogP contribution >= 0.6 is 0 Å². The Morgan fingerprint density at radius 1 is 1.12 bits per heavy atom. The maximum Gasteiger partial charge on any atom is 0.308 e. The van der Waals surface area contributed by atoms with Crippen LogP contribution in [-0.4, -0.2) is 69.5 Å². The van der Waals surface area contributed by atoms with Crippen LogP contribution in [0.1, 0.15) is 71.1 Å². The normalized spacial score (nSPS) is 34.6. The van der Waals surface area contributed by atoms with Crippen molar-refractivity contribution in [2.45, 2.75) is 69.2 Å². The smallest absolute Gasteiger partial charge is 0.308 e. The minimum atomic E-state index is -2.07. The molecule has 2 aliphatic carbocycles. The Kier molecular flexibility index (Phi) is 4.74. The number of ketones is 2. The van der Waals surface area contributed by atoms with E-state index < -0.39 is 70.7 Å². The highest BCUT2D eigenvalue weighted by Crippen LogP contribution is 2.59. The van der Waals surface area contributed by atoms with E-state index in [0.29, 0.717) is 0 Å². The average molecular weight is 460 g/mol. The fourth-order valence-corrected chi connectivity index (χ4v) is 5.72. The van der Waals surface area contributed by atoms with Gasteiger partial charge in [-0.05, 0) is 13.8 Å². The van der Waals surface area contributed by atoms with Crippen LogP contribution in [0, 0.1) is 0 Å². The van der Waals surface area contributed by atoms with Crippen molar-refractivity contribution in [1.29, 1.82) is 0 Å². The summed E-state index contributed by atoms with van der Waals surface area (Å²) in [4.78, 5) is 38.7. The van der Waals surface area contributed by atoms with Crippen LogP contribution in [0.15, 0.2) is 11.1 Å². The Morgan fingerprint density at radius 3 is 2.42 bits per heavy atom. The number of esters is 1. The average Bonchev–Trinajstić information content (AvgIpc) is 2.75. The van der Waals surface area contributed by atoms with Crippen LogP contribution < -0.4 is 0 Å². The molecule has 10 heteroatoms. The number of hydrogen-bond donors (Lipinski definition) is 4. The lowest BCUT2D eigenvalue weighted by molar-refractivity contribution is -0.246. The van der Waals surface area contributed by atoms with Crippen LogP contribution in [0.5, 0.6) is 11.5 Å². The number of phenolic OH excluding ortho intramolecular Hbond substituents is 2. The highest BCUT2D eigenvalue weighted by Gasteiger charge is 2.59. The Hall–Kier alpha value is -2.79. The van der Waals surface area contributed by atoms with E-state index in [2.05, 4.69) is 4.74 Å². The van der Waals surface area contributed by atoms with Crippen molar-refractivity contribution in [3.8, 4) is 11.5 Å². The lowest BCUT2D eigenvalue weighted by Gasteiger charge is -2.52. The first-order valence-corrected chi connectivity index (χ1v) is 10.7. The summed E-state index contributed by atoms with van der Waals surface area (Å²) < 4.78 is 16.1. The van der Waals surface area contributed by atoms with E-state index in [1.54, 1.807) is 6.92 Å². The number of phenols is 2. The van der Waals surface area contributed by atoms with Crippen molar-refractivity contribution in [1.82, 2.24) is 0 Å². The molecule has 0 radical (unpaired) electrons. The molecule has 176 valence electrons. The summed E-state index contributed by atoms with van der Waals surface area (Å²) in [6, 6.07) is 0. The summed E-state index contributed by atoms with van der Waals surface area (Å²) in [5.41, 5.74) is -2.95. The van der Waals surface area contributed by atoms with E-state index in [0.717, 1.165) is 0 Å². The van der Waals surface area contributed by atoms with Gasteiger partial charge in [-0.15, -0.1) is 0 Å². The molecule has 6 atom stereocenters. The van der Waals surface area contributed by atoms with Gasteiger partial charge in [-0.25, -0.2) is 0 Å². The lowest BCUT2D eigenvalue weighted by Crippen LogP contribution is -2.58. The monoisotopic (exact) mass is 460 g/mol. The molecule has 3 heterocycles. The first-order chi connectivity index (χ1) is 15.5. The molecule has 1 aromatic carbocycles. The van der Waals surface area contributed by atoms with Gasteiger partial charge in [-0.1, -0.05) is 0 Å². The topological polar surface area (TPSA) is 160 Å². The van der Waals surface area contributed by atoms with E-state index in [4.69, 9.17) is 9.47 Å². The van der Waals surface area contributed by atoms with Gasteiger partial charge in [0.1, 0.15) is 17.1 Å². The third kappa shape index (κ3) is 2.72. The number of aromatic hydroxyl groups is 2. The number of hydrogen-bond acceptors (Lipinski definition) is 10. The van der Waals surface area contributed by atoms with Crippen LogP contribution in [0.4, 0.5) is 0 Å². The summed E-state index contributed by atoms with van der Waals surface area (Å²) in [7, 11) is 1.23. The van der Waals surface area contributed by atoms with Gasteiger partial charge in [0.2, 0.25) is 0 Å². The SMILES string of the molecule is COC(=O)C[C@H]1CC2=C(C(=O)c3c(O)c4c(c(O)c3C2=O)[C@H]2CC(O)[C@]4(O)[C@@H](C)O2)[C@H](C)O1. The number of ether oxygens (including phenoxy) is 3. The van der Waals surface area contributed by atoms with E-state index in [-0.39, 0.29) is 47.1 Å². The molecule has 1 fully saturated rings. The third-order valence-corrected chi connectivity index (χ3v) is 7.30. The quantitative estimate of drug-likeness (QED) is 0.369. The molecule has 4 N–H and O–H groups in total. The maximum absolute atomic E-state index is 13.5. The molecule has 1 unspecified atom stereocenters. The fourth-order valence-electron chi connectivity index (χ4n) is 5.72. The van der Waals surface area contributed by atoms with E-state index in [9.17, 15) is 34.8 Å². The summed E-state index contributed by atoms with van der Waals surface area (Å²) in [5.74, 6) is -3.13. The van der Waals surface area contributed by atoms with Crippen LogP contribution in [0.25, 0.3) is 0 Å². The highest BCUT2D eigenvalue weighted by atomic mass is 16.5. The molecule has 0 amide bonds. The molecule has 1 saturated heterocycles. The summed E-state index contributed by atoms with van der Waals surface area (Å²) in [6.45, 7) is 3.07. The standard InChI is InChI=1S/C23H24O10/c1-7-14-10(4-9(32-7)5-13(25)31-3)19(26)16-17(20(14)27)22(29)18-15(21(16)28)11-6-12(24)23(18,30)8(2)33-11/h7-9,11-12,24,28-30H,4-6H2,1-3H3/t7-,8+,9+,11+,12?,23+/m0/s1. The molecule has 5 aliphatic rings. The summed E-state index contributed by atoms with van der Waals surface area (Å²) in [5, 5.41) is 44.1. The molecule has 0 aromatic heterocycles. The molecular formula is C23H24O10. The molecule has 0 spiro atoms. The predicted molar refractivity (Wildman–Crippen MR) is 109 cm³/mol. The second-order valence-electron chi connectivity index (χ2n) is 9.01. The van der Waals surface area contributed by atoms with Crippen LogP contribution in [0.2, 0.25) is 0 Å². The number of aliphatic hydroxyl groups excluding tert-OH is 1. The summed E-state index contributed by atoms with van der Waals surface area (Å²) >= 11 is 0. The van der Waals surface area contributed by atoms with Crippen molar-refractivity contribution in [3.63, 3.8) is 0 Å². The van der Waals surface area contributed by atoms with Gasteiger partial charge in [0.15, 0.2) is 11.6 Å².